The molecule has 1 unspecified atom stereocenters. The van der Waals surface area contributed by atoms with Gasteiger partial charge in [-0.05, 0) is 120 Å². The van der Waals surface area contributed by atoms with Gasteiger partial charge in [-0.1, -0.05) is 87.1 Å². The molecule has 0 aliphatic carbocycles. The Bertz CT molecular complexity index is 1690. The van der Waals surface area contributed by atoms with E-state index in [1.165, 1.54) is 25.7 Å². The first-order valence-corrected chi connectivity index (χ1v) is 18.9. The number of carbonyl (C=O) groups is 2. The highest BCUT2D eigenvalue weighted by Gasteiger charge is 2.31. The fourth-order valence-corrected chi connectivity index (χ4v) is 5.91. The van der Waals surface area contributed by atoms with Gasteiger partial charge in [0.2, 0.25) is 0 Å². The minimum atomic E-state index is -0.646. The van der Waals surface area contributed by atoms with E-state index in [1.807, 2.05) is 78.8 Å². The van der Waals surface area contributed by atoms with Gasteiger partial charge in [0.15, 0.2) is 0 Å². The number of halogens is 1. The van der Waals surface area contributed by atoms with E-state index < -0.39 is 16.9 Å². The van der Waals surface area contributed by atoms with Crippen LogP contribution in [-0.2, 0) is 9.59 Å². The molecule has 0 saturated heterocycles. The molecule has 0 radical (unpaired) electrons. The van der Waals surface area contributed by atoms with Crippen LogP contribution in [0.3, 0.4) is 0 Å². The number of esters is 2. The maximum Gasteiger partial charge on any atom is 0.316 e. The molecular weight excluding hydrogens is 653 g/mol. The van der Waals surface area contributed by atoms with Crippen molar-refractivity contribution in [3.8, 4) is 17.2 Å². The van der Waals surface area contributed by atoms with Crippen molar-refractivity contribution in [1.29, 1.82) is 0 Å². The van der Waals surface area contributed by atoms with Crippen LogP contribution in [0.25, 0.3) is 17.2 Å². The Kier molecular flexibility index (Phi) is 14.8. The maximum absolute atomic E-state index is 12.8. The molecule has 6 nitrogen and oxygen atoms in total. The van der Waals surface area contributed by atoms with Crippen LogP contribution in [0.2, 0.25) is 0 Å². The van der Waals surface area contributed by atoms with Crippen molar-refractivity contribution in [3.05, 3.63) is 95.1 Å². The van der Waals surface area contributed by atoms with Crippen molar-refractivity contribution in [2.24, 2.45) is 10.8 Å². The number of nitrogens with one attached hydrogen (secondary N) is 1. The number of carbonyl (C=O) groups excluding carboxylic acids is 2. The van der Waals surface area contributed by atoms with Gasteiger partial charge in [-0.2, -0.15) is 0 Å². The molecule has 0 spiro atoms. The predicted octanol–water partition coefficient (Wildman–Crippen LogP) is 11.3. The molecule has 0 fully saturated rings. The summed E-state index contributed by atoms with van der Waals surface area (Å²) in [6, 6.07) is 21.4. The molecule has 3 aromatic carbocycles. The molecule has 280 valence electrons. The fraction of sp³-hybridized carbons (Fsp3) is 0.467. The Morgan fingerprint density at radius 3 is 1.98 bits per heavy atom. The molecule has 1 heterocycles. The zero-order chi connectivity index (χ0) is 37.7. The van der Waals surface area contributed by atoms with Crippen molar-refractivity contribution in [3.63, 3.8) is 0 Å². The molecule has 0 bridgehead atoms. The molecule has 0 amide bonds. The van der Waals surface area contributed by atoms with Gasteiger partial charge >= 0.3 is 11.9 Å². The van der Waals surface area contributed by atoms with Gasteiger partial charge in [0.05, 0.1) is 17.5 Å². The Morgan fingerprint density at radius 2 is 1.37 bits per heavy atom. The van der Waals surface area contributed by atoms with Gasteiger partial charge in [-0.3, -0.25) is 14.0 Å². The molecule has 1 aliphatic rings. The summed E-state index contributed by atoms with van der Waals surface area (Å²) in [5.41, 5.74) is 4.40. The molecule has 52 heavy (non-hydrogen) atoms. The van der Waals surface area contributed by atoms with E-state index in [1.54, 1.807) is 12.1 Å². The smallest absolute Gasteiger partial charge is 0.316 e. The number of hydrogen-bond donors (Lipinski definition) is 1. The zero-order valence-corrected chi connectivity index (χ0v) is 32.3. The highest BCUT2D eigenvalue weighted by Crippen LogP contribution is 2.48. The van der Waals surface area contributed by atoms with E-state index in [4.69, 9.17) is 14.2 Å². The average Bonchev–Trinajstić information content (AvgIpc) is 3.10. The van der Waals surface area contributed by atoms with Gasteiger partial charge in [0.1, 0.15) is 23.4 Å². The zero-order valence-electron chi connectivity index (χ0n) is 32.3. The summed E-state index contributed by atoms with van der Waals surface area (Å²) in [5, 5.41) is 3.51. The number of benzene rings is 3. The second-order valence-corrected chi connectivity index (χ2v) is 15.8. The quantitative estimate of drug-likeness (QED) is 0.0854. The van der Waals surface area contributed by atoms with E-state index in [2.05, 4.69) is 41.7 Å². The number of fused-ring (bicyclic) bond motifs is 1. The standard InChI is InChI=1S/C45H58FNO5/c1-32-38-31-37(51-43(49)45(5,6)7)25-26-39(38)52-41(40(32)35-19-16-20-36(30-35)50-42(48)44(2,3)4)34-23-21-33(22-24-34)18-17-29-47-28-15-13-11-9-8-10-12-14-27-46/h16-26,30-31,41,47H,8-15,27-29H2,1-7H3/b18-17+. The lowest BCUT2D eigenvalue weighted by Crippen LogP contribution is -2.25. The summed E-state index contributed by atoms with van der Waals surface area (Å²) < 4.78 is 30.4. The van der Waals surface area contributed by atoms with Crippen LogP contribution in [0.1, 0.15) is 128 Å². The number of unbranched alkanes of at least 4 members (excludes halogenated alkanes) is 7. The molecular formula is C45H58FNO5. The lowest BCUT2D eigenvalue weighted by atomic mass is 9.86. The van der Waals surface area contributed by atoms with Gasteiger partial charge in [-0.25, -0.2) is 0 Å². The van der Waals surface area contributed by atoms with Crippen LogP contribution in [0.4, 0.5) is 4.39 Å². The highest BCUT2D eigenvalue weighted by atomic mass is 19.1. The van der Waals surface area contributed by atoms with E-state index in [0.717, 1.165) is 65.8 Å². The SMILES string of the molecule is CC1=C(c2cccc(OC(=O)C(C)(C)C)c2)C(c2ccc(/C=C/CNCCCCCCCCCCF)cc2)Oc2ccc(OC(=O)C(C)(C)C)cc21. The first-order chi connectivity index (χ1) is 24.8. The van der Waals surface area contributed by atoms with Crippen LogP contribution in [0.15, 0.2) is 72.8 Å². The number of ether oxygens (including phenoxy) is 3. The summed E-state index contributed by atoms with van der Waals surface area (Å²) in [4.78, 5) is 25.5. The molecule has 1 N–H and O–H groups in total. The van der Waals surface area contributed by atoms with E-state index in [9.17, 15) is 14.0 Å². The third kappa shape index (κ3) is 11.9. The lowest BCUT2D eigenvalue weighted by molar-refractivity contribution is -0.143. The van der Waals surface area contributed by atoms with E-state index in [-0.39, 0.29) is 18.6 Å². The Hall–Kier alpha value is -4.23. The highest BCUT2D eigenvalue weighted by molar-refractivity contribution is 5.96. The molecule has 4 rings (SSSR count). The number of allylic oxidation sites excluding steroid dienone is 1. The van der Waals surface area contributed by atoms with Crippen LogP contribution in [0, 0.1) is 10.8 Å². The van der Waals surface area contributed by atoms with Crippen molar-refractivity contribution < 1.29 is 28.2 Å². The Labute approximate surface area is 310 Å². The van der Waals surface area contributed by atoms with E-state index >= 15 is 0 Å². The molecule has 3 aromatic rings. The van der Waals surface area contributed by atoms with Gasteiger partial charge in [0.25, 0.3) is 0 Å². The summed E-state index contributed by atoms with van der Waals surface area (Å²) in [5.74, 6) is 0.990. The van der Waals surface area contributed by atoms with Crippen LogP contribution in [0.5, 0.6) is 17.2 Å². The maximum atomic E-state index is 12.8. The predicted molar refractivity (Wildman–Crippen MR) is 210 cm³/mol. The van der Waals surface area contributed by atoms with Crippen LogP contribution < -0.4 is 19.5 Å². The first kappa shape index (κ1) is 40.5. The summed E-state index contributed by atoms with van der Waals surface area (Å²) >= 11 is 0. The largest absolute Gasteiger partial charge is 0.480 e. The van der Waals surface area contributed by atoms with Crippen LogP contribution in [-0.4, -0.2) is 31.7 Å². The third-order valence-electron chi connectivity index (χ3n) is 9.11. The molecule has 1 atom stereocenters. The van der Waals surface area contributed by atoms with Crippen molar-refractivity contribution in [2.75, 3.05) is 19.8 Å². The second kappa shape index (κ2) is 19.0. The first-order valence-electron chi connectivity index (χ1n) is 18.9. The van der Waals surface area contributed by atoms with Crippen molar-refractivity contribution in [1.82, 2.24) is 5.32 Å². The third-order valence-corrected chi connectivity index (χ3v) is 9.11. The molecule has 1 aliphatic heterocycles. The lowest BCUT2D eigenvalue weighted by Gasteiger charge is -2.31. The van der Waals surface area contributed by atoms with Gasteiger partial charge in [-0.15, -0.1) is 0 Å². The normalized spacial score (nSPS) is 14.7. The molecule has 7 heteroatoms. The van der Waals surface area contributed by atoms with Gasteiger partial charge < -0.3 is 19.5 Å². The summed E-state index contributed by atoms with van der Waals surface area (Å²) in [6.45, 7) is 14.6. The summed E-state index contributed by atoms with van der Waals surface area (Å²) in [6.07, 6.45) is 12.8. The topological polar surface area (TPSA) is 73.9 Å². The number of alkyl halides is 1. The average molecular weight is 712 g/mol. The number of hydrogen-bond acceptors (Lipinski definition) is 6. The molecule has 0 aromatic heterocycles. The minimum Gasteiger partial charge on any atom is -0.480 e. The van der Waals surface area contributed by atoms with E-state index in [0.29, 0.717) is 23.7 Å². The fourth-order valence-electron chi connectivity index (χ4n) is 5.91. The Balaban J connectivity index is 1.49. The number of rotatable bonds is 17. The monoisotopic (exact) mass is 711 g/mol. The second-order valence-electron chi connectivity index (χ2n) is 15.8. The minimum absolute atomic E-state index is 0.188. The van der Waals surface area contributed by atoms with Crippen molar-refractivity contribution >= 4 is 29.2 Å². The van der Waals surface area contributed by atoms with Crippen molar-refractivity contribution in [2.45, 2.75) is 106 Å². The summed E-state index contributed by atoms with van der Waals surface area (Å²) in [7, 11) is 0. The Morgan fingerprint density at radius 1 is 0.769 bits per heavy atom. The van der Waals surface area contributed by atoms with Crippen LogP contribution >= 0.6 is 0 Å². The van der Waals surface area contributed by atoms with Gasteiger partial charge in [0, 0.05) is 17.7 Å². The molecule has 0 saturated carbocycles.